The number of aromatic nitrogens is 5. The largest absolute Gasteiger partial charge is 0.313 e. The van der Waals surface area contributed by atoms with E-state index in [9.17, 15) is 0 Å². The fourth-order valence-electron chi connectivity index (χ4n) is 1.12. The molecule has 15 heavy (non-hydrogen) atoms. The minimum Gasteiger partial charge on any atom is -0.313 e. The molecule has 76 valence electrons. The molecule has 2 aromatic rings. The zero-order valence-corrected chi connectivity index (χ0v) is 8.04. The highest BCUT2D eigenvalue weighted by Gasteiger charge is 2.05. The third kappa shape index (κ3) is 2.22. The van der Waals surface area contributed by atoms with E-state index in [-0.39, 0.29) is 0 Å². The zero-order valence-electron chi connectivity index (χ0n) is 8.04. The van der Waals surface area contributed by atoms with Crippen LogP contribution in [0.2, 0.25) is 0 Å². The van der Waals surface area contributed by atoms with E-state index < -0.39 is 0 Å². The summed E-state index contributed by atoms with van der Waals surface area (Å²) in [6.07, 6.45) is 3.62. The molecule has 2 aromatic heterocycles. The molecular formula is C9H10N6. The molecule has 1 N–H and O–H groups in total. The van der Waals surface area contributed by atoms with E-state index in [1.807, 2.05) is 18.2 Å². The van der Waals surface area contributed by atoms with Crippen molar-refractivity contribution in [3.05, 3.63) is 24.4 Å². The summed E-state index contributed by atoms with van der Waals surface area (Å²) in [5.41, 5.74) is 0.707. The molecule has 0 fully saturated rings. The maximum Gasteiger partial charge on any atom is 0.223 e. The van der Waals surface area contributed by atoms with Crippen molar-refractivity contribution in [3.63, 3.8) is 0 Å². The van der Waals surface area contributed by atoms with Crippen LogP contribution in [-0.4, -0.2) is 31.4 Å². The SMILES string of the molecule is N=CCCn1nnc(-c2ccccn2)n1. The van der Waals surface area contributed by atoms with Gasteiger partial charge in [0.25, 0.3) is 0 Å². The number of aryl methyl sites for hydroxylation is 1. The number of hydrogen-bond acceptors (Lipinski definition) is 5. The second-order valence-electron chi connectivity index (χ2n) is 2.92. The van der Waals surface area contributed by atoms with E-state index in [4.69, 9.17) is 5.41 Å². The third-order valence-electron chi connectivity index (χ3n) is 1.82. The fraction of sp³-hybridized carbons (Fsp3) is 0.222. The second kappa shape index (κ2) is 4.41. The van der Waals surface area contributed by atoms with Gasteiger partial charge in [-0.15, -0.1) is 10.2 Å². The summed E-state index contributed by atoms with van der Waals surface area (Å²) in [7, 11) is 0. The lowest BCUT2D eigenvalue weighted by molar-refractivity contribution is 0.537. The summed E-state index contributed by atoms with van der Waals surface area (Å²) in [5, 5.41) is 18.8. The lowest BCUT2D eigenvalue weighted by Gasteiger charge is -1.92. The highest BCUT2D eigenvalue weighted by atomic mass is 15.6. The number of rotatable bonds is 4. The second-order valence-corrected chi connectivity index (χ2v) is 2.92. The Morgan fingerprint density at radius 1 is 1.40 bits per heavy atom. The van der Waals surface area contributed by atoms with Gasteiger partial charge >= 0.3 is 0 Å². The van der Waals surface area contributed by atoms with Crippen molar-refractivity contribution in [2.24, 2.45) is 0 Å². The van der Waals surface area contributed by atoms with Crippen molar-refractivity contribution >= 4 is 6.21 Å². The average molecular weight is 202 g/mol. The molecule has 0 bridgehead atoms. The molecule has 0 radical (unpaired) electrons. The minimum atomic E-state index is 0.514. The summed E-state index contributed by atoms with van der Waals surface area (Å²) in [4.78, 5) is 5.59. The predicted octanol–water partition coefficient (Wildman–Crippen LogP) is 0.775. The van der Waals surface area contributed by atoms with Crippen LogP contribution in [0.15, 0.2) is 24.4 Å². The van der Waals surface area contributed by atoms with Gasteiger partial charge in [-0.05, 0) is 23.6 Å². The number of tetrazole rings is 1. The Balaban J connectivity index is 2.17. The Hall–Kier alpha value is -2.11. The first-order valence-electron chi connectivity index (χ1n) is 4.58. The highest BCUT2D eigenvalue weighted by molar-refractivity contribution is 5.52. The molecule has 6 nitrogen and oxygen atoms in total. The molecule has 0 aliphatic carbocycles. The molecule has 2 rings (SSSR count). The Morgan fingerprint density at radius 2 is 2.33 bits per heavy atom. The maximum absolute atomic E-state index is 6.90. The number of nitrogens with one attached hydrogen (secondary N) is 1. The average Bonchev–Trinajstić information content (AvgIpc) is 2.76. The van der Waals surface area contributed by atoms with Gasteiger partial charge in [-0.25, -0.2) is 0 Å². The standard InChI is InChI=1S/C9H10N6/c10-5-3-7-15-13-9(12-14-15)8-4-1-2-6-11-8/h1-2,4-6,10H,3,7H2. The summed E-state index contributed by atoms with van der Waals surface area (Å²) >= 11 is 0. The van der Waals surface area contributed by atoms with Crippen LogP contribution >= 0.6 is 0 Å². The van der Waals surface area contributed by atoms with Crippen LogP contribution in [-0.2, 0) is 6.54 Å². The van der Waals surface area contributed by atoms with Crippen LogP contribution in [0.4, 0.5) is 0 Å². The lowest BCUT2D eigenvalue weighted by atomic mass is 10.3. The Labute approximate surface area is 86.5 Å². The summed E-state index contributed by atoms with van der Waals surface area (Å²) in [6, 6.07) is 5.54. The highest BCUT2D eigenvalue weighted by Crippen LogP contribution is 2.07. The first-order valence-corrected chi connectivity index (χ1v) is 4.58. The van der Waals surface area contributed by atoms with Gasteiger partial charge < -0.3 is 5.41 Å². The molecule has 0 aromatic carbocycles. The van der Waals surface area contributed by atoms with Gasteiger partial charge in [0.15, 0.2) is 0 Å². The van der Waals surface area contributed by atoms with Crippen LogP contribution in [0.5, 0.6) is 0 Å². The molecule has 2 heterocycles. The van der Waals surface area contributed by atoms with E-state index in [0.717, 1.165) is 0 Å². The lowest BCUT2D eigenvalue weighted by Crippen LogP contribution is -2.02. The van der Waals surface area contributed by atoms with Crippen molar-refractivity contribution in [1.82, 2.24) is 25.2 Å². The molecular weight excluding hydrogens is 192 g/mol. The van der Waals surface area contributed by atoms with Crippen molar-refractivity contribution in [2.45, 2.75) is 13.0 Å². The summed E-state index contributed by atoms with van der Waals surface area (Å²) in [5.74, 6) is 0.514. The summed E-state index contributed by atoms with van der Waals surface area (Å²) in [6.45, 7) is 0.573. The van der Waals surface area contributed by atoms with Crippen LogP contribution in [0.25, 0.3) is 11.5 Å². The first kappa shape index (κ1) is 9.45. The van der Waals surface area contributed by atoms with Gasteiger partial charge in [-0.1, -0.05) is 6.07 Å². The molecule has 0 amide bonds. The molecule has 0 atom stereocenters. The predicted molar refractivity (Wildman–Crippen MR) is 54.4 cm³/mol. The van der Waals surface area contributed by atoms with Gasteiger partial charge in [0, 0.05) is 12.6 Å². The molecule has 6 heteroatoms. The minimum absolute atomic E-state index is 0.514. The Morgan fingerprint density at radius 3 is 3.07 bits per heavy atom. The first-order chi connectivity index (χ1) is 7.40. The van der Waals surface area contributed by atoms with E-state index in [2.05, 4.69) is 20.4 Å². The summed E-state index contributed by atoms with van der Waals surface area (Å²) < 4.78 is 0. The van der Waals surface area contributed by atoms with Gasteiger partial charge in [0.1, 0.15) is 5.69 Å². The maximum atomic E-state index is 6.90. The van der Waals surface area contributed by atoms with E-state index >= 15 is 0 Å². The Bertz CT molecular complexity index is 435. The van der Waals surface area contributed by atoms with E-state index in [0.29, 0.717) is 24.5 Å². The van der Waals surface area contributed by atoms with Crippen molar-refractivity contribution in [3.8, 4) is 11.5 Å². The van der Waals surface area contributed by atoms with Crippen molar-refractivity contribution in [1.29, 1.82) is 5.41 Å². The normalized spacial score (nSPS) is 10.1. The molecule has 0 saturated heterocycles. The Kier molecular flexibility index (Phi) is 2.77. The van der Waals surface area contributed by atoms with Crippen molar-refractivity contribution < 1.29 is 0 Å². The smallest absolute Gasteiger partial charge is 0.223 e. The molecule has 0 spiro atoms. The number of pyridine rings is 1. The van der Waals surface area contributed by atoms with Gasteiger partial charge in [-0.3, -0.25) is 4.98 Å². The monoisotopic (exact) mass is 202 g/mol. The van der Waals surface area contributed by atoms with Crippen LogP contribution in [0.3, 0.4) is 0 Å². The molecule has 0 aliphatic rings. The van der Waals surface area contributed by atoms with Crippen molar-refractivity contribution in [2.75, 3.05) is 0 Å². The van der Waals surface area contributed by atoms with Crippen LogP contribution in [0.1, 0.15) is 6.42 Å². The van der Waals surface area contributed by atoms with E-state index in [1.165, 1.54) is 11.0 Å². The molecule has 0 aliphatic heterocycles. The number of nitrogens with zero attached hydrogens (tertiary/aromatic N) is 5. The molecule has 0 unspecified atom stereocenters. The van der Waals surface area contributed by atoms with Gasteiger partial charge in [0.05, 0.1) is 6.54 Å². The fourth-order valence-corrected chi connectivity index (χ4v) is 1.12. The van der Waals surface area contributed by atoms with E-state index in [1.54, 1.807) is 6.20 Å². The number of hydrogen-bond donors (Lipinski definition) is 1. The molecule has 0 saturated carbocycles. The quantitative estimate of drug-likeness (QED) is 0.743. The van der Waals surface area contributed by atoms with Gasteiger partial charge in [0.2, 0.25) is 5.82 Å². The topological polar surface area (TPSA) is 80.3 Å². The zero-order chi connectivity index (χ0) is 10.5. The van der Waals surface area contributed by atoms with Gasteiger partial charge in [-0.2, -0.15) is 4.80 Å². The van der Waals surface area contributed by atoms with Crippen LogP contribution < -0.4 is 0 Å². The third-order valence-corrected chi connectivity index (χ3v) is 1.82. The van der Waals surface area contributed by atoms with Crippen LogP contribution in [0, 0.1) is 5.41 Å².